The standard InChI is InChI=1S/C15H12N2O4/c18-13-6-3-9-8-10(4-5-12(9)17-13)21-14-11(15(19)20)2-1-7-16-14/h1-2,4-5,7-8H,3,6H2,(H,17,18)(H,19,20). The first-order chi connectivity index (χ1) is 10.1. The maximum absolute atomic E-state index is 11.3. The van der Waals surface area contributed by atoms with E-state index < -0.39 is 5.97 Å². The van der Waals surface area contributed by atoms with Crippen LogP contribution in [0.25, 0.3) is 0 Å². The third kappa shape index (κ3) is 2.69. The van der Waals surface area contributed by atoms with Crippen molar-refractivity contribution in [3.63, 3.8) is 0 Å². The first kappa shape index (κ1) is 13.1. The highest BCUT2D eigenvalue weighted by Gasteiger charge is 2.17. The van der Waals surface area contributed by atoms with E-state index in [0.717, 1.165) is 11.3 Å². The lowest BCUT2D eigenvalue weighted by atomic mass is 10.0. The van der Waals surface area contributed by atoms with Crippen molar-refractivity contribution in [3.05, 3.63) is 47.7 Å². The molecule has 2 aromatic rings. The molecule has 0 unspecified atom stereocenters. The van der Waals surface area contributed by atoms with Crippen LogP contribution in [0.15, 0.2) is 36.5 Å². The fourth-order valence-corrected chi connectivity index (χ4v) is 2.17. The molecular weight excluding hydrogens is 272 g/mol. The molecule has 106 valence electrons. The Bertz CT molecular complexity index is 727. The van der Waals surface area contributed by atoms with Crippen molar-refractivity contribution in [1.29, 1.82) is 0 Å². The fraction of sp³-hybridized carbons (Fsp3) is 0.133. The molecule has 6 nitrogen and oxygen atoms in total. The van der Waals surface area contributed by atoms with Crippen LogP contribution in [0.2, 0.25) is 0 Å². The highest BCUT2D eigenvalue weighted by molar-refractivity contribution is 5.94. The van der Waals surface area contributed by atoms with Crippen molar-refractivity contribution in [3.8, 4) is 11.6 Å². The molecule has 0 saturated heterocycles. The Morgan fingerprint density at radius 1 is 1.29 bits per heavy atom. The summed E-state index contributed by atoms with van der Waals surface area (Å²) in [5.74, 6) is -0.562. The third-order valence-corrected chi connectivity index (χ3v) is 3.19. The monoisotopic (exact) mass is 284 g/mol. The lowest BCUT2D eigenvalue weighted by Gasteiger charge is -2.17. The van der Waals surface area contributed by atoms with Crippen molar-refractivity contribution >= 4 is 17.6 Å². The van der Waals surface area contributed by atoms with Crippen molar-refractivity contribution in [2.24, 2.45) is 0 Å². The minimum absolute atomic E-state index is 0.00326. The average Bonchev–Trinajstić information content (AvgIpc) is 2.48. The number of carboxylic acid groups (broad SMARTS) is 1. The van der Waals surface area contributed by atoms with E-state index in [2.05, 4.69) is 10.3 Å². The third-order valence-electron chi connectivity index (χ3n) is 3.19. The number of carbonyl (C=O) groups is 2. The molecule has 0 radical (unpaired) electrons. The van der Waals surface area contributed by atoms with Crippen molar-refractivity contribution in [1.82, 2.24) is 4.98 Å². The number of nitrogens with one attached hydrogen (secondary N) is 1. The molecule has 0 bridgehead atoms. The molecule has 0 fully saturated rings. The largest absolute Gasteiger partial charge is 0.477 e. The summed E-state index contributed by atoms with van der Waals surface area (Å²) in [6.07, 6.45) is 2.53. The lowest BCUT2D eigenvalue weighted by molar-refractivity contribution is -0.116. The second-order valence-corrected chi connectivity index (χ2v) is 4.63. The van der Waals surface area contributed by atoms with Gasteiger partial charge in [-0.1, -0.05) is 0 Å². The van der Waals surface area contributed by atoms with E-state index in [4.69, 9.17) is 9.84 Å². The van der Waals surface area contributed by atoms with Gasteiger partial charge in [-0.2, -0.15) is 0 Å². The van der Waals surface area contributed by atoms with E-state index in [0.29, 0.717) is 18.6 Å². The predicted octanol–water partition coefficient (Wildman–Crippen LogP) is 2.46. The summed E-state index contributed by atoms with van der Waals surface area (Å²) in [5.41, 5.74) is 1.72. The molecule has 1 aromatic heterocycles. The minimum atomic E-state index is -1.09. The first-order valence-electron chi connectivity index (χ1n) is 6.42. The fourth-order valence-electron chi connectivity index (χ4n) is 2.17. The second kappa shape index (κ2) is 5.24. The van der Waals surface area contributed by atoms with E-state index in [9.17, 15) is 9.59 Å². The zero-order valence-corrected chi connectivity index (χ0v) is 11.0. The number of fused-ring (bicyclic) bond motifs is 1. The van der Waals surface area contributed by atoms with Crippen LogP contribution >= 0.6 is 0 Å². The Kier molecular flexibility index (Phi) is 3.27. The molecule has 1 aliphatic rings. The van der Waals surface area contributed by atoms with Crippen LogP contribution in [0, 0.1) is 0 Å². The van der Waals surface area contributed by atoms with Gasteiger partial charge in [0.25, 0.3) is 0 Å². The Balaban J connectivity index is 1.89. The van der Waals surface area contributed by atoms with Crippen molar-refractivity contribution < 1.29 is 19.4 Å². The zero-order chi connectivity index (χ0) is 14.8. The number of hydrogen-bond acceptors (Lipinski definition) is 4. The van der Waals surface area contributed by atoms with E-state index in [1.807, 2.05) is 0 Å². The molecule has 0 spiro atoms. The van der Waals surface area contributed by atoms with Crippen LogP contribution in [0.1, 0.15) is 22.3 Å². The number of benzene rings is 1. The smallest absolute Gasteiger partial charge is 0.341 e. The van der Waals surface area contributed by atoms with Crippen LogP contribution in [0.5, 0.6) is 11.6 Å². The Morgan fingerprint density at radius 3 is 2.95 bits per heavy atom. The zero-order valence-electron chi connectivity index (χ0n) is 11.0. The van der Waals surface area contributed by atoms with Crippen molar-refractivity contribution in [2.75, 3.05) is 5.32 Å². The highest BCUT2D eigenvalue weighted by Crippen LogP contribution is 2.30. The van der Waals surface area contributed by atoms with Gasteiger partial charge < -0.3 is 15.2 Å². The summed E-state index contributed by atoms with van der Waals surface area (Å²) in [6, 6.07) is 8.17. The second-order valence-electron chi connectivity index (χ2n) is 4.63. The SMILES string of the molecule is O=C1CCc2cc(Oc3ncccc3C(=O)O)ccc2N1. The molecule has 1 aliphatic heterocycles. The summed E-state index contributed by atoms with van der Waals surface area (Å²) in [6.45, 7) is 0. The number of aromatic nitrogens is 1. The van der Waals surface area contributed by atoms with E-state index in [1.54, 1.807) is 24.3 Å². The quantitative estimate of drug-likeness (QED) is 0.903. The number of rotatable bonds is 3. The summed E-state index contributed by atoms with van der Waals surface area (Å²) in [4.78, 5) is 26.4. The molecule has 1 aromatic carbocycles. The van der Waals surface area contributed by atoms with Gasteiger partial charge >= 0.3 is 5.97 Å². The van der Waals surface area contributed by atoms with Gasteiger partial charge in [0.2, 0.25) is 11.8 Å². The van der Waals surface area contributed by atoms with E-state index in [1.165, 1.54) is 12.3 Å². The number of pyridine rings is 1. The van der Waals surface area contributed by atoms with Gasteiger partial charge in [-0.15, -0.1) is 0 Å². The van der Waals surface area contributed by atoms with Crippen LogP contribution in [0.3, 0.4) is 0 Å². The van der Waals surface area contributed by atoms with Crippen LogP contribution in [-0.4, -0.2) is 22.0 Å². The van der Waals surface area contributed by atoms with Gasteiger partial charge in [0.15, 0.2) is 0 Å². The first-order valence-corrected chi connectivity index (χ1v) is 6.42. The maximum Gasteiger partial charge on any atom is 0.341 e. The number of carboxylic acids is 1. The maximum atomic E-state index is 11.3. The molecule has 21 heavy (non-hydrogen) atoms. The normalized spacial score (nSPS) is 13.2. The van der Waals surface area contributed by atoms with Crippen LogP contribution < -0.4 is 10.1 Å². The summed E-state index contributed by atoms with van der Waals surface area (Å²) in [7, 11) is 0. The number of nitrogens with zero attached hydrogens (tertiary/aromatic N) is 1. The van der Waals surface area contributed by atoms with Gasteiger partial charge in [-0.3, -0.25) is 4.79 Å². The number of anilines is 1. The summed E-state index contributed by atoms with van der Waals surface area (Å²) >= 11 is 0. The molecule has 2 heterocycles. The van der Waals surface area contributed by atoms with Gasteiger partial charge in [-0.25, -0.2) is 9.78 Å². The average molecular weight is 284 g/mol. The van der Waals surface area contributed by atoms with Gasteiger partial charge in [0.1, 0.15) is 11.3 Å². The lowest BCUT2D eigenvalue weighted by Crippen LogP contribution is -2.18. The van der Waals surface area contributed by atoms with Gasteiger partial charge in [-0.05, 0) is 42.3 Å². The minimum Gasteiger partial charge on any atom is -0.477 e. The summed E-state index contributed by atoms with van der Waals surface area (Å²) in [5, 5.41) is 11.9. The van der Waals surface area contributed by atoms with Crippen molar-refractivity contribution in [2.45, 2.75) is 12.8 Å². The van der Waals surface area contributed by atoms with E-state index >= 15 is 0 Å². The molecule has 0 atom stereocenters. The number of carbonyl (C=O) groups excluding carboxylic acids is 1. The molecule has 6 heteroatoms. The number of aryl methyl sites for hydroxylation is 1. The highest BCUT2D eigenvalue weighted by atomic mass is 16.5. The molecule has 0 saturated carbocycles. The Hall–Kier alpha value is -2.89. The molecular formula is C15H12N2O4. The molecule has 2 N–H and O–H groups in total. The molecule has 1 amide bonds. The van der Waals surface area contributed by atoms with Gasteiger partial charge in [0.05, 0.1) is 0 Å². The van der Waals surface area contributed by atoms with E-state index in [-0.39, 0.29) is 17.4 Å². The number of amides is 1. The molecule has 0 aliphatic carbocycles. The number of aromatic carboxylic acids is 1. The topological polar surface area (TPSA) is 88.5 Å². The van der Waals surface area contributed by atoms with Crippen LogP contribution in [-0.2, 0) is 11.2 Å². The predicted molar refractivity (Wildman–Crippen MR) is 74.7 cm³/mol. The molecule has 3 rings (SSSR count). The van der Waals surface area contributed by atoms with Gasteiger partial charge in [0, 0.05) is 18.3 Å². The Labute approximate surface area is 120 Å². The Morgan fingerprint density at radius 2 is 2.14 bits per heavy atom. The number of ether oxygens (including phenoxy) is 1. The number of hydrogen-bond donors (Lipinski definition) is 2. The van der Waals surface area contributed by atoms with Crippen LogP contribution in [0.4, 0.5) is 5.69 Å². The summed E-state index contributed by atoms with van der Waals surface area (Å²) < 4.78 is 5.56.